The van der Waals surface area contributed by atoms with Crippen molar-refractivity contribution in [2.75, 3.05) is 6.54 Å². The Bertz CT molecular complexity index is 644. The van der Waals surface area contributed by atoms with Crippen molar-refractivity contribution in [1.82, 2.24) is 5.32 Å². The number of rotatable bonds is 3. The van der Waals surface area contributed by atoms with E-state index >= 15 is 0 Å². The topological polar surface area (TPSA) is 42.2 Å². The summed E-state index contributed by atoms with van der Waals surface area (Å²) >= 11 is 0. The Morgan fingerprint density at radius 1 is 1.30 bits per heavy atom. The predicted octanol–water partition coefficient (Wildman–Crippen LogP) is 3.27. The smallest absolute Gasteiger partial charge is 0.405 e. The molecule has 1 heterocycles. The van der Waals surface area contributed by atoms with Gasteiger partial charge in [0, 0.05) is 10.9 Å². The number of fused-ring (bicyclic) bond motifs is 1. The van der Waals surface area contributed by atoms with Gasteiger partial charge in [-0.05, 0) is 25.0 Å². The largest absolute Gasteiger partial charge is 0.464 e. The first-order valence-electron chi connectivity index (χ1n) is 6.07. The van der Waals surface area contributed by atoms with Crippen LogP contribution in [-0.2, 0) is 11.2 Å². The predicted molar refractivity (Wildman–Crippen MR) is 68.5 cm³/mol. The van der Waals surface area contributed by atoms with Gasteiger partial charge in [-0.25, -0.2) is 0 Å². The average molecular weight is 285 g/mol. The summed E-state index contributed by atoms with van der Waals surface area (Å²) in [6, 6.07) is 3.71. The number of carbonyl (C=O) groups is 1. The fourth-order valence-electron chi connectivity index (χ4n) is 1.96. The molecule has 0 unspecified atom stereocenters. The van der Waals surface area contributed by atoms with Gasteiger partial charge in [0.1, 0.15) is 12.1 Å². The van der Waals surface area contributed by atoms with Crippen LogP contribution in [0.5, 0.6) is 0 Å². The van der Waals surface area contributed by atoms with Crippen molar-refractivity contribution in [3.05, 3.63) is 35.1 Å². The quantitative estimate of drug-likeness (QED) is 0.940. The zero-order valence-electron chi connectivity index (χ0n) is 11.1. The SMILES string of the molecule is Cc1ccc2c(CC(=O)NCC(F)(F)F)coc2c1C. The molecule has 1 N–H and O–H groups in total. The molecular formula is C14H14F3NO2. The van der Waals surface area contributed by atoms with Crippen molar-refractivity contribution in [3.63, 3.8) is 0 Å². The van der Waals surface area contributed by atoms with Crippen LogP contribution in [0.25, 0.3) is 11.0 Å². The monoisotopic (exact) mass is 285 g/mol. The molecular weight excluding hydrogens is 271 g/mol. The molecule has 0 spiro atoms. The van der Waals surface area contributed by atoms with Crippen molar-refractivity contribution in [1.29, 1.82) is 0 Å². The molecule has 3 nitrogen and oxygen atoms in total. The Morgan fingerprint density at radius 2 is 2.00 bits per heavy atom. The molecule has 1 aromatic carbocycles. The summed E-state index contributed by atoms with van der Waals surface area (Å²) in [6.45, 7) is 2.52. The maximum absolute atomic E-state index is 12.0. The van der Waals surface area contributed by atoms with Gasteiger partial charge in [0.05, 0.1) is 12.7 Å². The lowest BCUT2D eigenvalue weighted by Crippen LogP contribution is -2.34. The van der Waals surface area contributed by atoms with Gasteiger partial charge in [0.2, 0.25) is 5.91 Å². The van der Waals surface area contributed by atoms with E-state index in [4.69, 9.17) is 4.42 Å². The van der Waals surface area contributed by atoms with Crippen molar-refractivity contribution in [2.45, 2.75) is 26.4 Å². The fourth-order valence-corrected chi connectivity index (χ4v) is 1.96. The number of amides is 1. The maximum Gasteiger partial charge on any atom is 0.405 e. The average Bonchev–Trinajstić information content (AvgIpc) is 2.74. The second kappa shape index (κ2) is 5.19. The Kier molecular flexibility index (Phi) is 3.74. The molecule has 0 radical (unpaired) electrons. The molecule has 0 aliphatic rings. The minimum atomic E-state index is -4.40. The van der Waals surface area contributed by atoms with E-state index in [1.807, 2.05) is 31.3 Å². The molecule has 0 fully saturated rings. The minimum Gasteiger partial charge on any atom is -0.464 e. The normalized spacial score (nSPS) is 11.8. The van der Waals surface area contributed by atoms with Crippen LogP contribution in [0.1, 0.15) is 16.7 Å². The number of hydrogen-bond acceptors (Lipinski definition) is 2. The summed E-state index contributed by atoms with van der Waals surface area (Å²) in [5, 5.41) is 2.61. The first kappa shape index (κ1) is 14.4. The number of benzene rings is 1. The summed E-state index contributed by atoms with van der Waals surface area (Å²) < 4.78 is 41.4. The second-order valence-electron chi connectivity index (χ2n) is 4.71. The van der Waals surface area contributed by atoms with Crippen LogP contribution >= 0.6 is 0 Å². The van der Waals surface area contributed by atoms with Crippen molar-refractivity contribution >= 4 is 16.9 Å². The lowest BCUT2D eigenvalue weighted by molar-refractivity contribution is -0.138. The van der Waals surface area contributed by atoms with Gasteiger partial charge in [0.15, 0.2) is 0 Å². The summed E-state index contributed by atoms with van der Waals surface area (Å²) in [6.07, 6.45) is -3.11. The first-order valence-corrected chi connectivity index (χ1v) is 6.07. The number of furan rings is 1. The molecule has 6 heteroatoms. The van der Waals surface area contributed by atoms with Crippen LogP contribution < -0.4 is 5.32 Å². The van der Waals surface area contributed by atoms with Crippen molar-refractivity contribution in [2.24, 2.45) is 0 Å². The van der Waals surface area contributed by atoms with Gasteiger partial charge >= 0.3 is 6.18 Å². The first-order chi connectivity index (χ1) is 9.28. The lowest BCUT2D eigenvalue weighted by Gasteiger charge is -2.07. The number of halogens is 3. The zero-order valence-corrected chi connectivity index (χ0v) is 11.1. The second-order valence-corrected chi connectivity index (χ2v) is 4.71. The number of hydrogen-bond donors (Lipinski definition) is 1. The van der Waals surface area contributed by atoms with Gasteiger partial charge in [0.25, 0.3) is 0 Å². The molecule has 0 bridgehead atoms. The van der Waals surface area contributed by atoms with Crippen molar-refractivity contribution < 1.29 is 22.4 Å². The van der Waals surface area contributed by atoms with E-state index < -0.39 is 18.6 Å². The lowest BCUT2D eigenvalue weighted by atomic mass is 10.0. The summed E-state index contributed by atoms with van der Waals surface area (Å²) in [4.78, 5) is 11.5. The van der Waals surface area contributed by atoms with Gasteiger partial charge in [-0.1, -0.05) is 12.1 Å². The van der Waals surface area contributed by atoms with Gasteiger partial charge in [-0.15, -0.1) is 0 Å². The van der Waals surface area contributed by atoms with E-state index in [-0.39, 0.29) is 6.42 Å². The molecule has 108 valence electrons. The number of nitrogens with one attached hydrogen (secondary N) is 1. The van der Waals surface area contributed by atoms with E-state index in [1.54, 1.807) is 0 Å². The third-order valence-electron chi connectivity index (χ3n) is 3.18. The minimum absolute atomic E-state index is 0.133. The van der Waals surface area contributed by atoms with Crippen LogP contribution in [0.2, 0.25) is 0 Å². The van der Waals surface area contributed by atoms with Gasteiger partial charge in [-0.2, -0.15) is 13.2 Å². The summed E-state index contributed by atoms with van der Waals surface area (Å²) in [5.74, 6) is -0.678. The van der Waals surface area contributed by atoms with E-state index in [0.717, 1.165) is 16.5 Å². The molecule has 0 atom stereocenters. The molecule has 0 saturated heterocycles. The van der Waals surface area contributed by atoms with E-state index in [2.05, 4.69) is 0 Å². The van der Waals surface area contributed by atoms with Crippen molar-refractivity contribution in [3.8, 4) is 0 Å². The highest BCUT2D eigenvalue weighted by atomic mass is 19.4. The van der Waals surface area contributed by atoms with E-state index in [0.29, 0.717) is 11.1 Å². The highest BCUT2D eigenvalue weighted by Crippen LogP contribution is 2.26. The van der Waals surface area contributed by atoms with E-state index in [9.17, 15) is 18.0 Å². The highest BCUT2D eigenvalue weighted by molar-refractivity contribution is 5.89. The standard InChI is InChI=1S/C14H14F3NO2/c1-8-3-4-11-10(6-20-13(11)9(8)2)5-12(19)18-7-14(15,16)17/h3-4,6H,5,7H2,1-2H3,(H,18,19). The van der Waals surface area contributed by atoms with Crippen LogP contribution in [-0.4, -0.2) is 18.6 Å². The van der Waals surface area contributed by atoms with Crippen LogP contribution in [0.15, 0.2) is 22.8 Å². The maximum atomic E-state index is 12.0. The number of aryl methyl sites for hydroxylation is 2. The Labute approximate surface area is 113 Å². The van der Waals surface area contributed by atoms with Gasteiger partial charge < -0.3 is 9.73 Å². The summed E-state index contributed by atoms with van der Waals surface area (Å²) in [7, 11) is 0. The molecule has 0 aliphatic heterocycles. The molecule has 2 aromatic rings. The third-order valence-corrected chi connectivity index (χ3v) is 3.18. The number of alkyl halides is 3. The molecule has 20 heavy (non-hydrogen) atoms. The molecule has 0 aliphatic carbocycles. The zero-order chi connectivity index (χ0) is 14.9. The molecule has 2 rings (SSSR count). The van der Waals surface area contributed by atoms with Crippen LogP contribution in [0, 0.1) is 13.8 Å². The molecule has 1 amide bonds. The highest BCUT2D eigenvalue weighted by Gasteiger charge is 2.27. The fraction of sp³-hybridized carbons (Fsp3) is 0.357. The Balaban J connectivity index is 2.15. The third kappa shape index (κ3) is 3.12. The number of carbonyl (C=O) groups excluding carboxylic acids is 1. The van der Waals surface area contributed by atoms with E-state index in [1.165, 1.54) is 6.26 Å². The van der Waals surface area contributed by atoms with Gasteiger partial charge in [-0.3, -0.25) is 4.79 Å². The summed E-state index contributed by atoms with van der Waals surface area (Å²) in [5.41, 5.74) is 3.27. The Morgan fingerprint density at radius 3 is 2.65 bits per heavy atom. The Hall–Kier alpha value is -1.98. The molecule has 1 aromatic heterocycles. The van der Waals surface area contributed by atoms with Crippen LogP contribution in [0.4, 0.5) is 13.2 Å². The molecule has 0 saturated carbocycles. The van der Waals surface area contributed by atoms with Crippen LogP contribution in [0.3, 0.4) is 0 Å².